The van der Waals surface area contributed by atoms with Crippen LogP contribution in [-0.2, 0) is 9.53 Å². The molecular weight excluding hydrogens is 292 g/mol. The lowest BCUT2D eigenvalue weighted by Crippen LogP contribution is -2.45. The van der Waals surface area contributed by atoms with Gasteiger partial charge in [0.2, 0.25) is 0 Å². The third-order valence-corrected chi connectivity index (χ3v) is 4.12. The van der Waals surface area contributed by atoms with Gasteiger partial charge in [0.25, 0.3) is 0 Å². The normalized spacial score (nSPS) is 22.1. The lowest BCUT2D eigenvalue weighted by Gasteiger charge is -2.30. The summed E-state index contributed by atoms with van der Waals surface area (Å²) in [5.41, 5.74) is -0.0284. The van der Waals surface area contributed by atoms with Crippen molar-refractivity contribution >= 4 is 23.8 Å². The van der Waals surface area contributed by atoms with Gasteiger partial charge in [0.05, 0.1) is 5.69 Å². The summed E-state index contributed by atoms with van der Waals surface area (Å²) in [7, 11) is 0. The highest BCUT2D eigenvalue weighted by molar-refractivity contribution is 7.99. The Morgan fingerprint density at radius 1 is 1.43 bits per heavy atom. The largest absolute Gasteiger partial charge is 0.480 e. The molecule has 2 rings (SSSR count). The molecule has 114 valence electrons. The molecule has 1 aliphatic rings. The van der Waals surface area contributed by atoms with E-state index in [2.05, 4.69) is 4.98 Å². The van der Waals surface area contributed by atoms with Gasteiger partial charge in [0, 0.05) is 11.9 Å². The molecule has 0 saturated carbocycles. The Hall–Kier alpha value is -1.76. The zero-order valence-electron chi connectivity index (χ0n) is 12.1. The van der Waals surface area contributed by atoms with Crippen molar-refractivity contribution in [1.29, 1.82) is 0 Å². The second-order valence-electron chi connectivity index (χ2n) is 5.68. The SMILES string of the molecule is CC(C)(C)OC(=O)N1C(C(=O)O)CSC1c1ccccn1. The topological polar surface area (TPSA) is 79.7 Å². The number of carboxylic acids is 1. The number of hydrogen-bond donors (Lipinski definition) is 1. The smallest absolute Gasteiger partial charge is 0.412 e. The Morgan fingerprint density at radius 3 is 2.67 bits per heavy atom. The summed E-state index contributed by atoms with van der Waals surface area (Å²) in [5.74, 6) is -0.720. The van der Waals surface area contributed by atoms with Gasteiger partial charge >= 0.3 is 12.1 Å². The summed E-state index contributed by atoms with van der Waals surface area (Å²) in [6.45, 7) is 5.25. The third-order valence-electron chi connectivity index (χ3n) is 2.83. The molecular formula is C14H18N2O4S. The van der Waals surface area contributed by atoms with E-state index < -0.39 is 29.1 Å². The van der Waals surface area contributed by atoms with E-state index >= 15 is 0 Å². The quantitative estimate of drug-likeness (QED) is 0.904. The average molecular weight is 310 g/mol. The molecule has 0 aromatic carbocycles. The van der Waals surface area contributed by atoms with Crippen LogP contribution in [0.3, 0.4) is 0 Å². The van der Waals surface area contributed by atoms with Gasteiger partial charge in [-0.1, -0.05) is 6.07 Å². The van der Waals surface area contributed by atoms with Crippen molar-refractivity contribution in [2.24, 2.45) is 0 Å². The maximum absolute atomic E-state index is 12.4. The number of rotatable bonds is 2. The van der Waals surface area contributed by atoms with Gasteiger partial charge in [-0.3, -0.25) is 9.88 Å². The van der Waals surface area contributed by atoms with Crippen LogP contribution < -0.4 is 0 Å². The van der Waals surface area contributed by atoms with Gasteiger partial charge in [-0.2, -0.15) is 0 Å². The van der Waals surface area contributed by atoms with Crippen LogP contribution in [0, 0.1) is 0 Å². The van der Waals surface area contributed by atoms with Crippen LogP contribution in [-0.4, -0.2) is 44.4 Å². The minimum Gasteiger partial charge on any atom is -0.480 e. The first-order valence-corrected chi connectivity index (χ1v) is 7.61. The molecule has 21 heavy (non-hydrogen) atoms. The highest BCUT2D eigenvalue weighted by atomic mass is 32.2. The van der Waals surface area contributed by atoms with Gasteiger partial charge in [-0.05, 0) is 32.9 Å². The van der Waals surface area contributed by atoms with Crippen molar-refractivity contribution in [2.75, 3.05) is 5.75 Å². The number of carboxylic acid groups (broad SMARTS) is 1. The third kappa shape index (κ3) is 3.66. The maximum atomic E-state index is 12.4. The fourth-order valence-corrected chi connectivity index (χ4v) is 3.36. The minimum atomic E-state index is -1.04. The van der Waals surface area contributed by atoms with Crippen LogP contribution in [0.25, 0.3) is 0 Å². The molecule has 1 saturated heterocycles. The number of ether oxygens (including phenoxy) is 1. The molecule has 0 aliphatic carbocycles. The average Bonchev–Trinajstić information content (AvgIpc) is 2.82. The van der Waals surface area contributed by atoms with Gasteiger partial charge < -0.3 is 9.84 Å². The number of hydrogen-bond acceptors (Lipinski definition) is 5. The van der Waals surface area contributed by atoms with Gasteiger partial charge in [0.15, 0.2) is 0 Å². The summed E-state index contributed by atoms with van der Waals surface area (Å²) in [6.07, 6.45) is 0.993. The standard InChI is InChI=1S/C14H18N2O4S/c1-14(2,3)20-13(19)16-10(12(17)18)8-21-11(16)9-6-4-5-7-15-9/h4-7,10-11H,8H2,1-3H3,(H,17,18). The van der Waals surface area contributed by atoms with E-state index in [0.717, 1.165) is 0 Å². The molecule has 6 nitrogen and oxygen atoms in total. The molecule has 1 aromatic rings. The fourth-order valence-electron chi connectivity index (χ4n) is 1.98. The van der Waals surface area contributed by atoms with Crippen molar-refractivity contribution in [1.82, 2.24) is 9.88 Å². The number of aromatic nitrogens is 1. The van der Waals surface area contributed by atoms with Gasteiger partial charge in [-0.25, -0.2) is 9.59 Å². The fraction of sp³-hybridized carbons (Fsp3) is 0.500. The first kappa shape index (κ1) is 15.6. The van der Waals surface area contributed by atoms with Gasteiger partial charge in [-0.15, -0.1) is 11.8 Å². The number of thioether (sulfide) groups is 1. The van der Waals surface area contributed by atoms with E-state index in [1.54, 1.807) is 39.1 Å². The zero-order chi connectivity index (χ0) is 15.6. The van der Waals surface area contributed by atoms with E-state index in [1.165, 1.54) is 16.7 Å². The van der Waals surface area contributed by atoms with E-state index in [4.69, 9.17) is 4.74 Å². The number of carbonyl (C=O) groups is 2. The number of nitrogens with zero attached hydrogens (tertiary/aromatic N) is 2. The van der Waals surface area contributed by atoms with Crippen LogP contribution in [0.5, 0.6) is 0 Å². The Morgan fingerprint density at radius 2 is 2.14 bits per heavy atom. The summed E-state index contributed by atoms with van der Waals surface area (Å²) in [5, 5.41) is 8.87. The number of aliphatic carboxylic acids is 1. The predicted octanol–water partition coefficient (Wildman–Crippen LogP) is 2.52. The van der Waals surface area contributed by atoms with Crippen molar-refractivity contribution in [3.8, 4) is 0 Å². The summed E-state index contributed by atoms with van der Waals surface area (Å²) in [4.78, 5) is 29.2. The maximum Gasteiger partial charge on any atom is 0.412 e. The molecule has 1 aromatic heterocycles. The van der Waals surface area contributed by atoms with Crippen molar-refractivity contribution < 1.29 is 19.4 Å². The monoisotopic (exact) mass is 310 g/mol. The molecule has 1 N–H and O–H groups in total. The van der Waals surface area contributed by atoms with Crippen LogP contribution in [0.1, 0.15) is 31.8 Å². The second-order valence-corrected chi connectivity index (χ2v) is 6.80. The highest BCUT2D eigenvalue weighted by Crippen LogP contribution is 2.41. The minimum absolute atomic E-state index is 0.315. The zero-order valence-corrected chi connectivity index (χ0v) is 13.0. The molecule has 1 aliphatic heterocycles. The van der Waals surface area contributed by atoms with Crippen LogP contribution in [0.4, 0.5) is 4.79 Å². The summed E-state index contributed by atoms with van der Waals surface area (Å²) in [6, 6.07) is 4.45. The van der Waals surface area contributed by atoms with E-state index in [-0.39, 0.29) is 0 Å². The van der Waals surface area contributed by atoms with Gasteiger partial charge in [0.1, 0.15) is 17.0 Å². The van der Waals surface area contributed by atoms with Crippen LogP contribution in [0.15, 0.2) is 24.4 Å². The number of amides is 1. The number of pyridine rings is 1. The van der Waals surface area contributed by atoms with E-state index in [1.807, 2.05) is 6.07 Å². The molecule has 0 spiro atoms. The molecule has 1 fully saturated rings. The van der Waals surface area contributed by atoms with E-state index in [9.17, 15) is 14.7 Å². The molecule has 2 atom stereocenters. The second kappa shape index (κ2) is 5.93. The first-order valence-electron chi connectivity index (χ1n) is 6.56. The molecule has 0 radical (unpaired) electrons. The summed E-state index contributed by atoms with van der Waals surface area (Å²) >= 11 is 1.38. The van der Waals surface area contributed by atoms with Crippen molar-refractivity contribution in [3.63, 3.8) is 0 Å². The molecule has 1 amide bonds. The van der Waals surface area contributed by atoms with Crippen molar-refractivity contribution in [3.05, 3.63) is 30.1 Å². The highest BCUT2D eigenvalue weighted by Gasteiger charge is 2.44. The van der Waals surface area contributed by atoms with Crippen LogP contribution >= 0.6 is 11.8 Å². The summed E-state index contributed by atoms with van der Waals surface area (Å²) < 4.78 is 5.34. The number of carbonyl (C=O) groups excluding carboxylic acids is 1. The predicted molar refractivity (Wildman–Crippen MR) is 78.9 cm³/mol. The Kier molecular flexibility index (Phi) is 4.41. The molecule has 2 heterocycles. The Labute approximate surface area is 127 Å². The Balaban J connectivity index is 2.29. The van der Waals surface area contributed by atoms with Crippen molar-refractivity contribution in [2.45, 2.75) is 37.8 Å². The first-order chi connectivity index (χ1) is 9.79. The lowest BCUT2D eigenvalue weighted by molar-refractivity contribution is -0.142. The molecule has 0 bridgehead atoms. The molecule has 7 heteroatoms. The Bertz CT molecular complexity index is 530. The van der Waals surface area contributed by atoms with Crippen LogP contribution in [0.2, 0.25) is 0 Å². The van der Waals surface area contributed by atoms with E-state index in [0.29, 0.717) is 11.4 Å². The molecule has 2 unspecified atom stereocenters. The lowest BCUT2D eigenvalue weighted by atomic mass is 10.2.